The first kappa shape index (κ1) is 8.64. The summed E-state index contributed by atoms with van der Waals surface area (Å²) in [6, 6.07) is 0.657. The molecule has 0 spiro atoms. The van der Waals surface area contributed by atoms with Crippen LogP contribution in [0.1, 0.15) is 15.9 Å². The van der Waals surface area contributed by atoms with Crippen molar-refractivity contribution in [1.82, 2.24) is 0 Å². The molecular formula is C8H6F2O2. The first-order valence-electron chi connectivity index (χ1n) is 3.20. The van der Waals surface area contributed by atoms with Gasteiger partial charge in [-0.05, 0) is 13.0 Å². The number of carbonyl (C=O) groups is 1. The highest BCUT2D eigenvalue weighted by Gasteiger charge is 2.13. The van der Waals surface area contributed by atoms with Crippen molar-refractivity contribution < 1.29 is 18.7 Å². The summed E-state index contributed by atoms with van der Waals surface area (Å²) in [5, 5.41) is 9.06. The molecule has 0 aliphatic rings. The highest BCUT2D eigenvalue weighted by atomic mass is 19.2. The molecule has 1 N–H and O–H groups in total. The summed E-state index contributed by atoms with van der Waals surface area (Å²) in [7, 11) is 0. The summed E-state index contributed by atoms with van der Waals surface area (Å²) in [6.45, 7) is 1.20. The lowest BCUT2D eigenvalue weighted by Gasteiger charge is -2.03. The number of hydrogen-bond acceptors (Lipinski definition) is 2. The van der Waals surface area contributed by atoms with Gasteiger partial charge in [-0.25, -0.2) is 8.78 Å². The number of benzene rings is 1. The quantitative estimate of drug-likeness (QED) is 0.655. The number of hydrogen-bond donors (Lipinski definition) is 1. The fourth-order valence-corrected chi connectivity index (χ4v) is 0.858. The number of carbonyl (C=O) groups excluding carboxylic acids is 1. The number of aldehydes is 1. The molecule has 2 nitrogen and oxygen atoms in total. The van der Waals surface area contributed by atoms with Crippen LogP contribution in [-0.2, 0) is 0 Å². The molecule has 0 atom stereocenters. The van der Waals surface area contributed by atoms with Crippen molar-refractivity contribution in [2.45, 2.75) is 6.92 Å². The average Bonchev–Trinajstić information content (AvgIpc) is 2.08. The number of aromatic hydroxyl groups is 1. The molecule has 0 heterocycles. The van der Waals surface area contributed by atoms with Crippen molar-refractivity contribution >= 4 is 6.29 Å². The zero-order valence-corrected chi connectivity index (χ0v) is 6.27. The minimum atomic E-state index is -1.13. The highest BCUT2D eigenvalue weighted by molar-refractivity contribution is 5.79. The lowest BCUT2D eigenvalue weighted by Crippen LogP contribution is -1.94. The van der Waals surface area contributed by atoms with Crippen LogP contribution in [0, 0.1) is 18.6 Å². The Bertz CT molecular complexity index is 334. The maximum absolute atomic E-state index is 12.7. The fourth-order valence-electron chi connectivity index (χ4n) is 0.858. The Kier molecular flexibility index (Phi) is 2.08. The van der Waals surface area contributed by atoms with E-state index in [4.69, 9.17) is 5.11 Å². The van der Waals surface area contributed by atoms with Gasteiger partial charge >= 0.3 is 0 Å². The van der Waals surface area contributed by atoms with Crippen molar-refractivity contribution in [3.8, 4) is 5.75 Å². The smallest absolute Gasteiger partial charge is 0.165 e. The Labute approximate surface area is 67.4 Å². The molecule has 1 aromatic carbocycles. The fraction of sp³-hybridized carbons (Fsp3) is 0.125. The second-order valence-corrected chi connectivity index (χ2v) is 2.35. The van der Waals surface area contributed by atoms with Gasteiger partial charge in [-0.2, -0.15) is 0 Å². The summed E-state index contributed by atoms with van der Waals surface area (Å²) in [4.78, 5) is 10.2. The second-order valence-electron chi connectivity index (χ2n) is 2.35. The molecule has 0 saturated heterocycles. The Morgan fingerprint density at radius 2 is 2.08 bits per heavy atom. The molecule has 0 saturated carbocycles. The van der Waals surface area contributed by atoms with E-state index in [1.165, 1.54) is 6.92 Å². The molecule has 1 aromatic rings. The third-order valence-electron chi connectivity index (χ3n) is 1.58. The maximum atomic E-state index is 12.7. The minimum absolute atomic E-state index is 0.244. The van der Waals surface area contributed by atoms with Crippen molar-refractivity contribution in [2.75, 3.05) is 0 Å². The number of phenolic OH excluding ortho intramolecular Hbond substituents is 1. The van der Waals surface area contributed by atoms with Crippen LogP contribution in [0.4, 0.5) is 8.78 Å². The summed E-state index contributed by atoms with van der Waals surface area (Å²) < 4.78 is 25.2. The van der Waals surface area contributed by atoms with Crippen LogP contribution >= 0.6 is 0 Å². The van der Waals surface area contributed by atoms with E-state index in [9.17, 15) is 13.6 Å². The molecule has 1 rings (SSSR count). The van der Waals surface area contributed by atoms with E-state index in [-0.39, 0.29) is 17.4 Å². The van der Waals surface area contributed by atoms with E-state index in [1.807, 2.05) is 0 Å². The molecular weight excluding hydrogens is 166 g/mol. The molecule has 0 radical (unpaired) electrons. The Hall–Kier alpha value is -1.45. The molecule has 12 heavy (non-hydrogen) atoms. The minimum Gasteiger partial charge on any atom is -0.507 e. The molecule has 0 amide bonds. The Morgan fingerprint density at radius 1 is 1.50 bits per heavy atom. The van der Waals surface area contributed by atoms with E-state index in [0.717, 1.165) is 0 Å². The number of halogens is 2. The average molecular weight is 172 g/mol. The van der Waals surface area contributed by atoms with Crippen LogP contribution in [0.5, 0.6) is 5.75 Å². The van der Waals surface area contributed by atoms with Crippen LogP contribution in [-0.4, -0.2) is 11.4 Å². The molecule has 0 aliphatic carbocycles. The Balaban J connectivity index is 3.49. The van der Waals surface area contributed by atoms with Gasteiger partial charge in [0.15, 0.2) is 17.9 Å². The predicted molar refractivity (Wildman–Crippen MR) is 38.1 cm³/mol. The molecule has 0 fully saturated rings. The zero-order valence-electron chi connectivity index (χ0n) is 6.27. The van der Waals surface area contributed by atoms with Crippen LogP contribution in [0.15, 0.2) is 6.07 Å². The lowest BCUT2D eigenvalue weighted by atomic mass is 10.1. The summed E-state index contributed by atoms with van der Waals surface area (Å²) >= 11 is 0. The normalized spacial score (nSPS) is 9.92. The third kappa shape index (κ3) is 1.15. The van der Waals surface area contributed by atoms with Crippen molar-refractivity contribution in [3.63, 3.8) is 0 Å². The molecule has 0 bridgehead atoms. The van der Waals surface area contributed by atoms with Crippen LogP contribution in [0.25, 0.3) is 0 Å². The predicted octanol–water partition coefficient (Wildman–Crippen LogP) is 1.79. The van der Waals surface area contributed by atoms with E-state index in [1.54, 1.807) is 0 Å². The van der Waals surface area contributed by atoms with Crippen LogP contribution < -0.4 is 0 Å². The molecule has 64 valence electrons. The summed E-state index contributed by atoms with van der Waals surface area (Å²) in [5.74, 6) is -2.77. The highest BCUT2D eigenvalue weighted by Crippen LogP contribution is 2.25. The van der Waals surface area contributed by atoms with Crippen LogP contribution in [0.2, 0.25) is 0 Å². The van der Waals surface area contributed by atoms with Crippen molar-refractivity contribution in [1.29, 1.82) is 0 Å². The van der Waals surface area contributed by atoms with Gasteiger partial charge in [0.1, 0.15) is 5.75 Å². The Morgan fingerprint density at radius 3 is 2.58 bits per heavy atom. The van der Waals surface area contributed by atoms with Gasteiger partial charge < -0.3 is 5.11 Å². The SMILES string of the molecule is Cc1c(O)c(C=O)cc(F)c1F. The van der Waals surface area contributed by atoms with Gasteiger partial charge in [0.05, 0.1) is 5.56 Å². The number of phenols is 1. The van der Waals surface area contributed by atoms with Gasteiger partial charge in [-0.3, -0.25) is 4.79 Å². The topological polar surface area (TPSA) is 37.3 Å². The summed E-state index contributed by atoms with van der Waals surface area (Å²) in [5.41, 5.74) is -0.497. The molecule has 4 heteroatoms. The van der Waals surface area contributed by atoms with E-state index in [0.29, 0.717) is 6.07 Å². The third-order valence-corrected chi connectivity index (χ3v) is 1.58. The first-order valence-corrected chi connectivity index (χ1v) is 3.20. The van der Waals surface area contributed by atoms with Gasteiger partial charge in [0.2, 0.25) is 0 Å². The lowest BCUT2D eigenvalue weighted by molar-refractivity contribution is 0.112. The zero-order chi connectivity index (χ0) is 9.30. The molecule has 0 aromatic heterocycles. The number of rotatable bonds is 1. The maximum Gasteiger partial charge on any atom is 0.165 e. The van der Waals surface area contributed by atoms with Crippen molar-refractivity contribution in [3.05, 3.63) is 28.8 Å². The standard InChI is InChI=1S/C8H6F2O2/c1-4-7(10)6(9)2-5(3-11)8(4)12/h2-3,12H,1H3. The van der Waals surface area contributed by atoms with Gasteiger partial charge in [0.25, 0.3) is 0 Å². The summed E-state index contributed by atoms with van der Waals surface area (Å²) in [6.07, 6.45) is 0.269. The van der Waals surface area contributed by atoms with E-state index in [2.05, 4.69) is 0 Å². The second kappa shape index (κ2) is 2.89. The van der Waals surface area contributed by atoms with Gasteiger partial charge in [0, 0.05) is 5.56 Å². The first-order chi connectivity index (χ1) is 5.57. The van der Waals surface area contributed by atoms with Crippen LogP contribution in [0.3, 0.4) is 0 Å². The van der Waals surface area contributed by atoms with Gasteiger partial charge in [-0.1, -0.05) is 0 Å². The van der Waals surface area contributed by atoms with E-state index >= 15 is 0 Å². The molecule has 0 unspecified atom stereocenters. The largest absolute Gasteiger partial charge is 0.507 e. The monoisotopic (exact) mass is 172 g/mol. The molecule has 0 aliphatic heterocycles. The van der Waals surface area contributed by atoms with Gasteiger partial charge in [-0.15, -0.1) is 0 Å². The van der Waals surface area contributed by atoms with Crippen molar-refractivity contribution in [2.24, 2.45) is 0 Å². The van der Waals surface area contributed by atoms with E-state index < -0.39 is 17.4 Å².